The van der Waals surface area contributed by atoms with Crippen LogP contribution in [-0.2, 0) is 4.74 Å². The molecule has 1 aliphatic heterocycles. The van der Waals surface area contributed by atoms with Gasteiger partial charge < -0.3 is 25.4 Å². The molecule has 2 aliphatic rings. The molecule has 1 saturated heterocycles. The normalized spacial score (nSPS) is 20.8. The van der Waals surface area contributed by atoms with Crippen molar-refractivity contribution in [3.8, 4) is 0 Å². The molecule has 0 spiro atoms. The molecule has 8 nitrogen and oxygen atoms in total. The number of nitrogens with one attached hydrogen (secondary N) is 2. The Kier molecular flexibility index (Phi) is 9.47. The maximum Gasteiger partial charge on any atom is 0.407 e. The van der Waals surface area contributed by atoms with Crippen LogP contribution in [0.5, 0.6) is 0 Å². The summed E-state index contributed by atoms with van der Waals surface area (Å²) in [7, 11) is 0. The summed E-state index contributed by atoms with van der Waals surface area (Å²) in [5.41, 5.74) is 1.03. The number of carbonyl (C=O) groups is 2. The molecule has 0 atom stereocenters. The van der Waals surface area contributed by atoms with E-state index in [0.29, 0.717) is 36.4 Å². The van der Waals surface area contributed by atoms with Crippen LogP contribution >= 0.6 is 0 Å². The van der Waals surface area contributed by atoms with Gasteiger partial charge in [0.05, 0.1) is 11.1 Å². The number of para-hydroxylation sites is 1. The van der Waals surface area contributed by atoms with Crippen molar-refractivity contribution in [3.63, 3.8) is 0 Å². The molecule has 38 heavy (non-hydrogen) atoms. The van der Waals surface area contributed by atoms with Crippen LogP contribution < -0.4 is 15.5 Å². The van der Waals surface area contributed by atoms with E-state index in [1.54, 1.807) is 0 Å². The van der Waals surface area contributed by atoms with Crippen LogP contribution in [0.4, 0.5) is 10.6 Å². The van der Waals surface area contributed by atoms with E-state index >= 15 is 0 Å². The van der Waals surface area contributed by atoms with Gasteiger partial charge in [0.25, 0.3) is 5.91 Å². The standard InChI is InChI=1S/C30H44N4O4/c1-30(2,3)38-29(37)32-20-23-10-8-22(9-11-23)19-31-28(36)25-18-27(33-26-7-5-4-6-24(25)26)34-15-12-21(13-16-34)14-17-35/h4-7,18,21-23,35H,8-17,19-20H2,1-3H3,(H,31,36)(H,32,37). The number of aliphatic hydroxyl groups excluding tert-OH is 1. The zero-order valence-electron chi connectivity index (χ0n) is 23.2. The largest absolute Gasteiger partial charge is 0.444 e. The minimum absolute atomic E-state index is 0.0475. The van der Waals surface area contributed by atoms with Crippen molar-refractivity contribution in [1.29, 1.82) is 0 Å². The number of anilines is 1. The molecule has 0 unspecified atom stereocenters. The van der Waals surface area contributed by atoms with Crippen molar-refractivity contribution in [3.05, 3.63) is 35.9 Å². The molecule has 1 saturated carbocycles. The quantitative estimate of drug-likeness (QED) is 0.454. The molecule has 0 bridgehead atoms. The SMILES string of the molecule is CC(C)(C)OC(=O)NCC1CCC(CNC(=O)c2cc(N3CCC(CCO)CC3)nc3ccccc23)CC1. The average molecular weight is 525 g/mol. The number of benzene rings is 1. The molecule has 208 valence electrons. The van der Waals surface area contributed by atoms with E-state index in [-0.39, 0.29) is 18.6 Å². The first-order chi connectivity index (χ1) is 18.2. The monoisotopic (exact) mass is 524 g/mol. The van der Waals surface area contributed by atoms with E-state index in [2.05, 4.69) is 15.5 Å². The smallest absolute Gasteiger partial charge is 0.407 e. The molecule has 1 aromatic heterocycles. The summed E-state index contributed by atoms with van der Waals surface area (Å²) < 4.78 is 5.33. The topological polar surface area (TPSA) is 104 Å². The molecule has 2 aromatic rings. The number of aromatic nitrogens is 1. The number of hydrogen-bond donors (Lipinski definition) is 3. The number of carbonyl (C=O) groups excluding carboxylic acids is 2. The van der Waals surface area contributed by atoms with Gasteiger partial charge in [0.2, 0.25) is 0 Å². The molecule has 4 rings (SSSR count). The van der Waals surface area contributed by atoms with Crippen molar-refractivity contribution in [2.45, 2.75) is 71.3 Å². The fourth-order valence-corrected chi connectivity index (χ4v) is 5.66. The van der Waals surface area contributed by atoms with E-state index < -0.39 is 5.60 Å². The molecule has 2 amide bonds. The second-order valence-electron chi connectivity index (χ2n) is 12.0. The molecule has 1 aromatic carbocycles. The molecular formula is C30H44N4O4. The lowest BCUT2D eigenvalue weighted by molar-refractivity contribution is 0.0512. The lowest BCUT2D eigenvalue weighted by atomic mass is 9.82. The van der Waals surface area contributed by atoms with E-state index in [0.717, 1.165) is 74.8 Å². The maximum absolute atomic E-state index is 13.4. The van der Waals surface area contributed by atoms with E-state index in [4.69, 9.17) is 9.72 Å². The van der Waals surface area contributed by atoms with E-state index in [9.17, 15) is 14.7 Å². The Morgan fingerprint density at radius 2 is 1.61 bits per heavy atom. The summed E-state index contributed by atoms with van der Waals surface area (Å²) in [6.45, 7) is 8.92. The van der Waals surface area contributed by atoms with Crippen LogP contribution in [0.2, 0.25) is 0 Å². The second-order valence-corrected chi connectivity index (χ2v) is 12.0. The first-order valence-electron chi connectivity index (χ1n) is 14.2. The number of piperidine rings is 1. The minimum atomic E-state index is -0.488. The average Bonchev–Trinajstić information content (AvgIpc) is 2.90. The highest BCUT2D eigenvalue weighted by Crippen LogP contribution is 2.30. The number of amides is 2. The zero-order valence-corrected chi connectivity index (χ0v) is 23.2. The van der Waals surface area contributed by atoms with Gasteiger partial charge in [-0.2, -0.15) is 0 Å². The molecule has 0 radical (unpaired) electrons. The Morgan fingerprint density at radius 1 is 0.974 bits per heavy atom. The van der Waals surface area contributed by atoms with Crippen molar-refractivity contribution in [2.24, 2.45) is 17.8 Å². The number of aliphatic hydroxyl groups is 1. The first kappa shape index (κ1) is 28.1. The van der Waals surface area contributed by atoms with Gasteiger partial charge in [0.15, 0.2) is 0 Å². The van der Waals surface area contributed by atoms with Crippen molar-refractivity contribution >= 4 is 28.7 Å². The third-order valence-electron chi connectivity index (χ3n) is 7.87. The van der Waals surface area contributed by atoms with E-state index in [1.807, 2.05) is 51.1 Å². The van der Waals surface area contributed by atoms with Crippen molar-refractivity contribution < 1.29 is 19.4 Å². The Morgan fingerprint density at radius 3 is 2.24 bits per heavy atom. The van der Waals surface area contributed by atoms with Crippen molar-refractivity contribution in [2.75, 3.05) is 37.7 Å². The third-order valence-corrected chi connectivity index (χ3v) is 7.87. The second kappa shape index (κ2) is 12.8. The predicted octanol–water partition coefficient (Wildman–Crippen LogP) is 4.89. The number of nitrogens with zero attached hydrogens (tertiary/aromatic N) is 2. The van der Waals surface area contributed by atoms with Crippen LogP contribution in [0, 0.1) is 17.8 Å². The van der Waals surface area contributed by atoms with Crippen LogP contribution in [0.3, 0.4) is 0 Å². The maximum atomic E-state index is 13.4. The molecule has 3 N–H and O–H groups in total. The summed E-state index contributed by atoms with van der Waals surface area (Å²) in [6.07, 6.45) is 6.70. The van der Waals surface area contributed by atoms with Gasteiger partial charge >= 0.3 is 6.09 Å². The van der Waals surface area contributed by atoms with E-state index in [1.165, 1.54) is 0 Å². The summed E-state index contributed by atoms with van der Waals surface area (Å²) in [4.78, 5) is 32.5. The zero-order chi connectivity index (χ0) is 27.1. The minimum Gasteiger partial charge on any atom is -0.444 e. The number of ether oxygens (including phenoxy) is 1. The lowest BCUT2D eigenvalue weighted by Crippen LogP contribution is -2.37. The Hall–Kier alpha value is -2.87. The Balaban J connectivity index is 1.31. The fraction of sp³-hybridized carbons (Fsp3) is 0.633. The Labute approximate surface area is 226 Å². The summed E-state index contributed by atoms with van der Waals surface area (Å²) in [5.74, 6) is 2.25. The van der Waals surface area contributed by atoms with Gasteiger partial charge in [-0.15, -0.1) is 0 Å². The predicted molar refractivity (Wildman–Crippen MR) is 150 cm³/mol. The van der Waals surface area contributed by atoms with Crippen LogP contribution in [0.1, 0.15) is 76.1 Å². The highest BCUT2D eigenvalue weighted by molar-refractivity contribution is 6.07. The number of rotatable bonds is 8. The number of pyridine rings is 1. The molecule has 2 fully saturated rings. The highest BCUT2D eigenvalue weighted by Gasteiger charge is 2.25. The fourth-order valence-electron chi connectivity index (χ4n) is 5.66. The van der Waals surface area contributed by atoms with Crippen molar-refractivity contribution in [1.82, 2.24) is 15.6 Å². The van der Waals surface area contributed by atoms with Gasteiger partial charge in [0.1, 0.15) is 11.4 Å². The summed E-state index contributed by atoms with van der Waals surface area (Å²) >= 11 is 0. The van der Waals surface area contributed by atoms with Gasteiger partial charge in [0, 0.05) is 38.2 Å². The molecular weight excluding hydrogens is 480 g/mol. The lowest BCUT2D eigenvalue weighted by Gasteiger charge is -2.33. The summed E-state index contributed by atoms with van der Waals surface area (Å²) in [5, 5.41) is 16.2. The number of fused-ring (bicyclic) bond motifs is 1. The number of hydrogen-bond acceptors (Lipinski definition) is 6. The Bertz CT molecular complexity index is 1080. The van der Waals surface area contributed by atoms with Gasteiger partial charge in [-0.05, 0) is 95.6 Å². The third kappa shape index (κ3) is 7.82. The molecule has 8 heteroatoms. The van der Waals surface area contributed by atoms with Crippen LogP contribution in [0.25, 0.3) is 10.9 Å². The highest BCUT2D eigenvalue weighted by atomic mass is 16.6. The first-order valence-corrected chi connectivity index (χ1v) is 14.2. The summed E-state index contributed by atoms with van der Waals surface area (Å²) in [6, 6.07) is 9.80. The van der Waals surface area contributed by atoms with Gasteiger partial charge in [-0.3, -0.25) is 4.79 Å². The van der Waals surface area contributed by atoms with Gasteiger partial charge in [-0.25, -0.2) is 9.78 Å². The van der Waals surface area contributed by atoms with Crippen LogP contribution in [0.15, 0.2) is 30.3 Å². The number of alkyl carbamates (subject to hydrolysis) is 1. The molecule has 2 heterocycles. The molecule has 1 aliphatic carbocycles. The van der Waals surface area contributed by atoms with Crippen LogP contribution in [-0.4, -0.2) is 60.5 Å². The van der Waals surface area contributed by atoms with Gasteiger partial charge in [-0.1, -0.05) is 18.2 Å².